The lowest BCUT2D eigenvalue weighted by Crippen LogP contribution is -1.90. The van der Waals surface area contributed by atoms with Crippen LogP contribution >= 0.6 is 11.3 Å². The van der Waals surface area contributed by atoms with Crippen LogP contribution in [0.2, 0.25) is 0 Å². The summed E-state index contributed by atoms with van der Waals surface area (Å²) in [4.78, 5) is 23.8. The number of hydrogen-bond acceptors (Lipinski definition) is 7. The molecule has 9 heteroatoms. The van der Waals surface area contributed by atoms with E-state index in [0.717, 1.165) is 43.8 Å². The molecule has 0 saturated carbocycles. The largest absolute Gasteiger partial charge is 0.397 e. The zero-order chi connectivity index (χ0) is 20.9. The zero-order valence-electron chi connectivity index (χ0n) is 16.4. The normalized spacial score (nSPS) is 11.5. The summed E-state index contributed by atoms with van der Waals surface area (Å²) in [7, 11) is 0. The van der Waals surface area contributed by atoms with E-state index in [9.17, 15) is 0 Å². The molecule has 0 spiro atoms. The van der Waals surface area contributed by atoms with Gasteiger partial charge in [-0.15, -0.1) is 11.3 Å². The lowest BCUT2D eigenvalue weighted by molar-refractivity contribution is 1.10. The number of imidazole rings is 1. The first-order valence-electron chi connectivity index (χ1n) is 9.62. The molecule has 0 bridgehead atoms. The fourth-order valence-electron chi connectivity index (χ4n) is 3.65. The first-order valence-corrected chi connectivity index (χ1v) is 10.4. The van der Waals surface area contributed by atoms with Crippen LogP contribution in [0, 0.1) is 6.92 Å². The third-order valence-electron chi connectivity index (χ3n) is 5.12. The summed E-state index contributed by atoms with van der Waals surface area (Å²) in [5.41, 5.74) is 12.2. The standard InChI is InChI=1S/C22H16N8S/c1-11-2-3-18(31-11)14-4-5-25-21-19(14)27-22(28-21)20-15-7-16(26-10-17(15)29-30-20)12-6-13(23)9-24-8-12/h2-10H,23H2,1H3,(H,29,30)(H,25,27,28). The Morgan fingerprint density at radius 3 is 2.81 bits per heavy atom. The molecule has 0 aliphatic carbocycles. The Morgan fingerprint density at radius 1 is 1.03 bits per heavy atom. The fourth-order valence-corrected chi connectivity index (χ4v) is 4.55. The second-order valence-corrected chi connectivity index (χ2v) is 8.53. The molecule has 0 radical (unpaired) electrons. The first-order chi connectivity index (χ1) is 15.2. The molecule has 6 aromatic rings. The molecule has 0 aromatic carbocycles. The number of aromatic nitrogens is 7. The number of rotatable bonds is 3. The van der Waals surface area contributed by atoms with Gasteiger partial charge in [-0.3, -0.25) is 15.1 Å². The first kappa shape index (κ1) is 17.7. The van der Waals surface area contributed by atoms with Gasteiger partial charge in [0.1, 0.15) is 11.2 Å². The predicted octanol–water partition coefficient (Wildman–Crippen LogP) is 4.58. The maximum Gasteiger partial charge on any atom is 0.160 e. The van der Waals surface area contributed by atoms with Crippen molar-refractivity contribution in [2.75, 3.05) is 5.73 Å². The van der Waals surface area contributed by atoms with Crippen molar-refractivity contribution in [1.82, 2.24) is 35.1 Å². The van der Waals surface area contributed by atoms with Crippen molar-refractivity contribution in [3.63, 3.8) is 0 Å². The lowest BCUT2D eigenvalue weighted by Gasteiger charge is -2.02. The van der Waals surface area contributed by atoms with E-state index in [0.29, 0.717) is 17.2 Å². The van der Waals surface area contributed by atoms with Gasteiger partial charge in [0, 0.05) is 44.9 Å². The van der Waals surface area contributed by atoms with Crippen LogP contribution in [0.4, 0.5) is 5.69 Å². The van der Waals surface area contributed by atoms with Gasteiger partial charge >= 0.3 is 0 Å². The van der Waals surface area contributed by atoms with Crippen molar-refractivity contribution in [3.05, 3.63) is 60.0 Å². The van der Waals surface area contributed by atoms with E-state index in [1.54, 1.807) is 36.1 Å². The van der Waals surface area contributed by atoms with Gasteiger partial charge in [-0.25, -0.2) is 9.97 Å². The molecule has 0 amide bonds. The number of aryl methyl sites for hydroxylation is 1. The summed E-state index contributed by atoms with van der Waals surface area (Å²) in [6.07, 6.45) is 6.90. The van der Waals surface area contributed by atoms with Crippen LogP contribution in [-0.2, 0) is 0 Å². The minimum Gasteiger partial charge on any atom is -0.397 e. The summed E-state index contributed by atoms with van der Waals surface area (Å²) in [5, 5.41) is 8.44. The van der Waals surface area contributed by atoms with Crippen molar-refractivity contribution in [2.24, 2.45) is 0 Å². The van der Waals surface area contributed by atoms with E-state index >= 15 is 0 Å². The van der Waals surface area contributed by atoms with Crippen molar-refractivity contribution in [1.29, 1.82) is 0 Å². The molecule has 0 saturated heterocycles. The second-order valence-electron chi connectivity index (χ2n) is 7.25. The van der Waals surface area contributed by atoms with Crippen LogP contribution in [0.15, 0.2) is 55.1 Å². The van der Waals surface area contributed by atoms with Crippen LogP contribution in [0.25, 0.3) is 55.3 Å². The van der Waals surface area contributed by atoms with Crippen molar-refractivity contribution in [2.45, 2.75) is 6.92 Å². The van der Waals surface area contributed by atoms with Crippen LogP contribution in [0.5, 0.6) is 0 Å². The van der Waals surface area contributed by atoms with E-state index in [2.05, 4.69) is 49.2 Å². The van der Waals surface area contributed by atoms with Crippen molar-refractivity contribution in [3.8, 4) is 33.2 Å². The quantitative estimate of drug-likeness (QED) is 0.382. The zero-order valence-corrected chi connectivity index (χ0v) is 17.2. The third-order valence-corrected chi connectivity index (χ3v) is 6.15. The van der Waals surface area contributed by atoms with Gasteiger partial charge < -0.3 is 10.7 Å². The number of nitrogen functional groups attached to an aromatic ring is 1. The third kappa shape index (κ3) is 2.94. The Bertz CT molecular complexity index is 1580. The number of fused-ring (bicyclic) bond motifs is 2. The number of nitrogens with two attached hydrogens (primary N) is 1. The molecule has 0 aliphatic heterocycles. The molecule has 8 nitrogen and oxygen atoms in total. The minimum absolute atomic E-state index is 0.589. The highest BCUT2D eigenvalue weighted by Gasteiger charge is 2.17. The monoisotopic (exact) mass is 424 g/mol. The number of aromatic amines is 2. The van der Waals surface area contributed by atoms with Crippen LogP contribution < -0.4 is 5.73 Å². The number of hydrogen-bond donors (Lipinski definition) is 3. The molecule has 6 heterocycles. The van der Waals surface area contributed by atoms with E-state index in [1.165, 1.54) is 4.88 Å². The van der Waals surface area contributed by atoms with E-state index in [4.69, 9.17) is 10.7 Å². The van der Waals surface area contributed by atoms with Crippen molar-refractivity contribution >= 4 is 39.1 Å². The van der Waals surface area contributed by atoms with E-state index < -0.39 is 0 Å². The second kappa shape index (κ2) is 6.71. The number of thiophene rings is 1. The molecule has 4 N–H and O–H groups in total. The van der Waals surface area contributed by atoms with Gasteiger partial charge in [0.2, 0.25) is 0 Å². The Balaban J connectivity index is 1.51. The van der Waals surface area contributed by atoms with Crippen LogP contribution in [-0.4, -0.2) is 35.1 Å². The number of nitrogens with one attached hydrogen (secondary N) is 2. The Labute approximate surface area is 180 Å². The highest BCUT2D eigenvalue weighted by molar-refractivity contribution is 7.15. The molecule has 150 valence electrons. The number of pyridine rings is 3. The smallest absolute Gasteiger partial charge is 0.160 e. The summed E-state index contributed by atoms with van der Waals surface area (Å²) < 4.78 is 0. The van der Waals surface area contributed by atoms with Gasteiger partial charge in [0.25, 0.3) is 0 Å². The summed E-state index contributed by atoms with van der Waals surface area (Å²) in [5.74, 6) is 0.650. The Kier molecular flexibility index (Phi) is 3.84. The molecule has 0 unspecified atom stereocenters. The summed E-state index contributed by atoms with van der Waals surface area (Å²) in [6.45, 7) is 2.10. The number of nitrogens with zero attached hydrogens (tertiary/aromatic N) is 5. The lowest BCUT2D eigenvalue weighted by atomic mass is 10.1. The fraction of sp³-hybridized carbons (Fsp3) is 0.0455. The summed E-state index contributed by atoms with van der Waals surface area (Å²) >= 11 is 1.74. The maximum atomic E-state index is 5.89. The minimum atomic E-state index is 0.589. The predicted molar refractivity (Wildman–Crippen MR) is 122 cm³/mol. The Hall–Kier alpha value is -4.11. The molecular weight excluding hydrogens is 408 g/mol. The molecule has 0 fully saturated rings. The Morgan fingerprint density at radius 2 is 1.97 bits per heavy atom. The number of H-pyrrole nitrogens is 2. The number of anilines is 1. The average Bonchev–Trinajstić information content (AvgIpc) is 3.50. The van der Waals surface area contributed by atoms with E-state index in [-0.39, 0.29) is 0 Å². The van der Waals surface area contributed by atoms with E-state index in [1.807, 2.05) is 18.2 Å². The van der Waals surface area contributed by atoms with Gasteiger partial charge in [-0.05, 0) is 37.3 Å². The maximum absolute atomic E-state index is 5.89. The molecule has 31 heavy (non-hydrogen) atoms. The van der Waals surface area contributed by atoms with Crippen LogP contribution in [0.1, 0.15) is 4.88 Å². The topological polar surface area (TPSA) is 122 Å². The highest BCUT2D eigenvalue weighted by atomic mass is 32.1. The van der Waals surface area contributed by atoms with Gasteiger partial charge in [0.15, 0.2) is 11.5 Å². The van der Waals surface area contributed by atoms with Crippen LogP contribution in [0.3, 0.4) is 0 Å². The van der Waals surface area contributed by atoms with Gasteiger partial charge in [-0.1, -0.05) is 0 Å². The molecular formula is C22H16N8S. The van der Waals surface area contributed by atoms with Crippen molar-refractivity contribution < 1.29 is 0 Å². The SMILES string of the molecule is Cc1ccc(-c2ccnc3[nH]c(-c4n[nH]c5cnc(-c6cncc(N)c6)cc45)nc23)s1. The molecule has 6 rings (SSSR count). The average molecular weight is 424 g/mol. The molecule has 6 aromatic heterocycles. The highest BCUT2D eigenvalue weighted by Crippen LogP contribution is 2.34. The molecule has 0 aliphatic rings. The van der Waals surface area contributed by atoms with Gasteiger partial charge in [0.05, 0.1) is 23.1 Å². The summed E-state index contributed by atoms with van der Waals surface area (Å²) in [6, 6.07) is 10.0. The van der Waals surface area contributed by atoms with Gasteiger partial charge in [-0.2, -0.15) is 5.10 Å². The molecule has 0 atom stereocenters.